The summed E-state index contributed by atoms with van der Waals surface area (Å²) >= 11 is 0. The highest BCUT2D eigenvalue weighted by Gasteiger charge is 2.31. The van der Waals surface area contributed by atoms with Crippen molar-refractivity contribution in [3.63, 3.8) is 0 Å². The molecule has 0 atom stereocenters. The number of ether oxygens (including phenoxy) is 1. The molecule has 0 radical (unpaired) electrons. The summed E-state index contributed by atoms with van der Waals surface area (Å²) in [5.74, 6) is -0.121. The van der Waals surface area contributed by atoms with Gasteiger partial charge in [-0.15, -0.1) is 0 Å². The van der Waals surface area contributed by atoms with Crippen LogP contribution in [0.5, 0.6) is 11.5 Å². The first-order chi connectivity index (χ1) is 16.6. The van der Waals surface area contributed by atoms with Gasteiger partial charge in [-0.25, -0.2) is 14.2 Å². The number of hydrogen-bond donors (Lipinski definition) is 3. The summed E-state index contributed by atoms with van der Waals surface area (Å²) < 4.78 is 58.1. The second kappa shape index (κ2) is 9.61. The molecular formula is C24H20F4N4O3. The molecule has 1 heterocycles. The summed E-state index contributed by atoms with van der Waals surface area (Å²) in [6.45, 7) is 1.71. The lowest BCUT2D eigenvalue weighted by molar-refractivity contribution is -0.137. The van der Waals surface area contributed by atoms with Gasteiger partial charge < -0.3 is 20.7 Å². The first-order valence-corrected chi connectivity index (χ1v) is 10.6. The summed E-state index contributed by atoms with van der Waals surface area (Å²) in [5.41, 5.74) is -0.597. The number of carbonyl (C=O) groups excluding carboxylic acids is 2. The second-order valence-electron chi connectivity index (χ2n) is 8.02. The minimum atomic E-state index is -4.76. The third-order valence-corrected chi connectivity index (χ3v) is 5.11. The number of pyridine rings is 1. The quantitative estimate of drug-likeness (QED) is 0.354. The number of aryl methyl sites for hydroxylation is 1. The molecule has 3 amide bonds. The van der Waals surface area contributed by atoms with Gasteiger partial charge in [-0.3, -0.25) is 4.79 Å². The third-order valence-electron chi connectivity index (χ3n) is 5.11. The lowest BCUT2D eigenvalue weighted by Crippen LogP contribution is -2.20. The van der Waals surface area contributed by atoms with E-state index in [1.54, 1.807) is 31.2 Å². The van der Waals surface area contributed by atoms with Gasteiger partial charge in [0.05, 0.1) is 5.56 Å². The Balaban J connectivity index is 1.44. The average molecular weight is 488 g/mol. The van der Waals surface area contributed by atoms with Crippen molar-refractivity contribution in [2.45, 2.75) is 25.9 Å². The lowest BCUT2D eigenvalue weighted by atomic mass is 10.2. The van der Waals surface area contributed by atoms with E-state index in [1.807, 2.05) is 0 Å². The van der Waals surface area contributed by atoms with Crippen molar-refractivity contribution in [1.82, 2.24) is 4.98 Å². The summed E-state index contributed by atoms with van der Waals surface area (Å²) in [6.07, 6.45) is -1.56. The van der Waals surface area contributed by atoms with Gasteiger partial charge in [-0.05, 0) is 55.7 Å². The Labute approximate surface area is 197 Å². The molecular weight excluding hydrogens is 468 g/mol. The molecule has 0 spiro atoms. The van der Waals surface area contributed by atoms with Crippen LogP contribution >= 0.6 is 0 Å². The highest BCUT2D eigenvalue weighted by molar-refractivity contribution is 6.00. The molecule has 3 N–H and O–H groups in total. The van der Waals surface area contributed by atoms with E-state index in [1.165, 1.54) is 12.3 Å². The van der Waals surface area contributed by atoms with E-state index in [0.717, 1.165) is 18.9 Å². The van der Waals surface area contributed by atoms with E-state index in [0.29, 0.717) is 40.7 Å². The number of nitrogens with zero attached hydrogens (tertiary/aromatic N) is 1. The van der Waals surface area contributed by atoms with E-state index in [9.17, 15) is 27.2 Å². The van der Waals surface area contributed by atoms with Crippen molar-refractivity contribution >= 4 is 29.1 Å². The van der Waals surface area contributed by atoms with Crippen LogP contribution in [-0.4, -0.2) is 16.9 Å². The Hall–Kier alpha value is -4.15. The largest absolute Gasteiger partial charge is 0.457 e. The van der Waals surface area contributed by atoms with Crippen LogP contribution in [0.2, 0.25) is 0 Å². The number of hydrogen-bond acceptors (Lipinski definition) is 4. The minimum absolute atomic E-state index is 0.0191. The molecule has 35 heavy (non-hydrogen) atoms. The van der Waals surface area contributed by atoms with Crippen molar-refractivity contribution < 1.29 is 31.9 Å². The normalized spacial score (nSPS) is 13.2. The zero-order valence-corrected chi connectivity index (χ0v) is 18.4. The second-order valence-corrected chi connectivity index (χ2v) is 8.02. The molecule has 3 aromatic rings. The Morgan fingerprint density at radius 1 is 0.971 bits per heavy atom. The molecule has 0 unspecified atom stereocenters. The van der Waals surface area contributed by atoms with Crippen LogP contribution in [0.25, 0.3) is 0 Å². The molecule has 1 aromatic heterocycles. The van der Waals surface area contributed by atoms with Crippen LogP contribution in [0.15, 0.2) is 54.7 Å². The standard InChI is InChI=1S/C24H20F4N4O3/c1-13-2-5-18(35-19-6-7-29-21(12-19)32-22(33)14-3-4-14)11-20(13)31-23(34)30-17-9-15(24(26,27)28)8-16(25)10-17/h2,5-12,14H,3-4H2,1H3,(H,29,32,33)(H2,30,31,34). The van der Waals surface area contributed by atoms with Crippen molar-refractivity contribution in [3.8, 4) is 11.5 Å². The smallest absolute Gasteiger partial charge is 0.416 e. The minimum Gasteiger partial charge on any atom is -0.457 e. The maximum atomic E-state index is 13.6. The zero-order chi connectivity index (χ0) is 25.2. The van der Waals surface area contributed by atoms with Crippen LogP contribution in [0.4, 0.5) is 39.5 Å². The molecule has 0 saturated heterocycles. The molecule has 1 aliphatic rings. The number of benzene rings is 2. The molecule has 11 heteroatoms. The SMILES string of the molecule is Cc1ccc(Oc2ccnc(NC(=O)C3CC3)c2)cc1NC(=O)Nc1cc(F)cc(C(F)(F)F)c1. The van der Waals surface area contributed by atoms with E-state index in [2.05, 4.69) is 20.9 Å². The number of aromatic nitrogens is 1. The van der Waals surface area contributed by atoms with Crippen LogP contribution in [0, 0.1) is 18.7 Å². The molecule has 0 bridgehead atoms. The predicted octanol–water partition coefficient (Wildman–Crippen LogP) is 6.33. The van der Waals surface area contributed by atoms with Gasteiger partial charge in [0.25, 0.3) is 0 Å². The Bertz CT molecular complexity index is 1280. The molecule has 1 saturated carbocycles. The van der Waals surface area contributed by atoms with Gasteiger partial charge in [0.1, 0.15) is 23.1 Å². The molecule has 1 fully saturated rings. The Morgan fingerprint density at radius 2 is 1.71 bits per heavy atom. The number of rotatable bonds is 6. The lowest BCUT2D eigenvalue weighted by Gasteiger charge is -2.14. The zero-order valence-electron chi connectivity index (χ0n) is 18.4. The molecule has 7 nitrogen and oxygen atoms in total. The molecule has 0 aliphatic heterocycles. The highest BCUT2D eigenvalue weighted by Crippen LogP contribution is 2.33. The van der Waals surface area contributed by atoms with Gasteiger partial charge in [-0.2, -0.15) is 13.2 Å². The predicted molar refractivity (Wildman–Crippen MR) is 121 cm³/mol. The number of halogens is 4. The van der Waals surface area contributed by atoms with Gasteiger partial charge in [0.15, 0.2) is 0 Å². The van der Waals surface area contributed by atoms with E-state index in [4.69, 9.17) is 4.74 Å². The molecule has 2 aromatic carbocycles. The summed E-state index contributed by atoms with van der Waals surface area (Å²) in [5, 5.41) is 7.44. The first kappa shape index (κ1) is 24.0. The van der Waals surface area contributed by atoms with Crippen LogP contribution in [-0.2, 0) is 11.0 Å². The average Bonchev–Trinajstić information content (AvgIpc) is 3.61. The van der Waals surface area contributed by atoms with Crippen LogP contribution in [0.1, 0.15) is 24.0 Å². The summed E-state index contributed by atoms with van der Waals surface area (Å²) in [4.78, 5) is 28.4. The fourth-order valence-electron chi connectivity index (χ4n) is 3.16. The van der Waals surface area contributed by atoms with E-state index >= 15 is 0 Å². The monoisotopic (exact) mass is 488 g/mol. The number of amides is 3. The fourth-order valence-corrected chi connectivity index (χ4v) is 3.16. The topological polar surface area (TPSA) is 92.3 Å². The van der Waals surface area contributed by atoms with Crippen molar-refractivity contribution in [3.05, 3.63) is 71.7 Å². The van der Waals surface area contributed by atoms with Crippen LogP contribution in [0.3, 0.4) is 0 Å². The number of alkyl halides is 3. The summed E-state index contributed by atoms with van der Waals surface area (Å²) in [7, 11) is 0. The number of anilines is 3. The molecule has 4 rings (SSSR count). The third kappa shape index (κ3) is 6.46. The molecule has 182 valence electrons. The van der Waals surface area contributed by atoms with Crippen molar-refractivity contribution in [1.29, 1.82) is 0 Å². The van der Waals surface area contributed by atoms with Crippen molar-refractivity contribution in [2.24, 2.45) is 5.92 Å². The van der Waals surface area contributed by atoms with E-state index in [-0.39, 0.29) is 17.5 Å². The first-order valence-electron chi connectivity index (χ1n) is 10.6. The number of nitrogens with one attached hydrogen (secondary N) is 3. The van der Waals surface area contributed by atoms with Crippen molar-refractivity contribution in [2.75, 3.05) is 16.0 Å². The van der Waals surface area contributed by atoms with Gasteiger partial charge in [0, 0.05) is 35.6 Å². The Morgan fingerprint density at radius 3 is 2.43 bits per heavy atom. The van der Waals surface area contributed by atoms with Crippen LogP contribution < -0.4 is 20.7 Å². The van der Waals surface area contributed by atoms with Gasteiger partial charge in [0.2, 0.25) is 5.91 Å². The molecule has 1 aliphatic carbocycles. The summed E-state index contributed by atoms with van der Waals surface area (Å²) in [6, 6.07) is 8.90. The van der Waals surface area contributed by atoms with Gasteiger partial charge >= 0.3 is 12.2 Å². The maximum Gasteiger partial charge on any atom is 0.416 e. The highest BCUT2D eigenvalue weighted by atomic mass is 19.4. The fraction of sp³-hybridized carbons (Fsp3) is 0.208. The van der Waals surface area contributed by atoms with Gasteiger partial charge in [-0.1, -0.05) is 6.07 Å². The number of carbonyl (C=O) groups is 2. The van der Waals surface area contributed by atoms with E-state index < -0.39 is 23.6 Å². The number of urea groups is 1. The maximum absolute atomic E-state index is 13.6. The Kier molecular flexibility index (Phi) is 6.59.